The first-order chi connectivity index (χ1) is 28.5. The maximum absolute atomic E-state index is 12.9. The molecule has 0 saturated heterocycles. The number of hydrogen-bond acceptors (Lipinski definition) is 10. The van der Waals surface area contributed by atoms with Crippen LogP contribution in [0.25, 0.3) is 0 Å². The molecule has 1 atom stereocenters. The van der Waals surface area contributed by atoms with E-state index < -0.39 is 12.0 Å². The molecule has 0 radical (unpaired) electrons. The minimum absolute atomic E-state index is 0.0380. The van der Waals surface area contributed by atoms with Gasteiger partial charge in [0.25, 0.3) is 0 Å². The highest BCUT2D eigenvalue weighted by Crippen LogP contribution is 2.29. The Balaban J connectivity index is 2.03. The maximum Gasteiger partial charge on any atom is 0.326 e. The third kappa shape index (κ3) is 33.1. The van der Waals surface area contributed by atoms with Gasteiger partial charge in [-0.05, 0) is 71.1 Å². The summed E-state index contributed by atoms with van der Waals surface area (Å²) in [5.41, 5.74) is 1.29. The van der Waals surface area contributed by atoms with E-state index in [1.807, 2.05) is 0 Å². The highest BCUT2D eigenvalue weighted by atomic mass is 16.5. The highest BCUT2D eigenvalue weighted by Gasteiger charge is 2.29. The van der Waals surface area contributed by atoms with Gasteiger partial charge in [0.2, 0.25) is 23.6 Å². The number of allylic oxidation sites excluding steroid dienone is 1. The zero-order valence-corrected chi connectivity index (χ0v) is 36.4. The van der Waals surface area contributed by atoms with Crippen LogP contribution in [0.1, 0.15) is 142 Å². The number of hydrogen-bond donors (Lipinski definition) is 5. The van der Waals surface area contributed by atoms with E-state index in [0.717, 1.165) is 32.1 Å². The third-order valence-corrected chi connectivity index (χ3v) is 10.3. The van der Waals surface area contributed by atoms with Crippen molar-refractivity contribution in [3.63, 3.8) is 0 Å². The second-order valence-corrected chi connectivity index (χ2v) is 15.9. The minimum atomic E-state index is -1.19. The van der Waals surface area contributed by atoms with Gasteiger partial charge in [0.05, 0.1) is 39.6 Å². The Bertz CT molecular complexity index is 1190. The number of carboxylic acid groups (broad SMARTS) is 1. The molecule has 0 aromatic carbocycles. The average Bonchev–Trinajstić information content (AvgIpc) is 3.20. The first-order valence-electron chi connectivity index (χ1n) is 22.3. The molecule has 0 aromatic heterocycles. The molecule has 1 aliphatic carbocycles. The van der Waals surface area contributed by atoms with Crippen molar-refractivity contribution >= 4 is 35.4 Å². The predicted molar refractivity (Wildman–Crippen MR) is 227 cm³/mol. The molecule has 0 heterocycles. The van der Waals surface area contributed by atoms with E-state index in [1.54, 1.807) is 0 Å². The van der Waals surface area contributed by atoms with Crippen LogP contribution in [-0.2, 0) is 47.7 Å². The van der Waals surface area contributed by atoms with Crippen LogP contribution >= 0.6 is 0 Å². The van der Waals surface area contributed by atoms with E-state index in [1.165, 1.54) is 76.7 Å². The minimum Gasteiger partial charge on any atom is -0.480 e. The number of ether oxygens (including phenoxy) is 4. The molecule has 4 amide bonds. The first kappa shape index (κ1) is 53.6. The summed E-state index contributed by atoms with van der Waals surface area (Å²) >= 11 is 0. The standard InChI is InChI=1S/C44H78N4O11/c1-35(2)16-14-12-10-8-6-4-5-7-9-11-13-15-17-40(50)47-32-37-18-20-38(21-19-37)43(53)48-39(44(54)55)22-23-41(51)45-24-26-56-29-31-59-34-42(52)46-25-27-57-28-30-58-33-36(3)49/h37-39H,1,4-34H2,2-3H3,(H,45,51)(H,46,52)(H,47,50)(H,48,53)(H,54,55)/t37?,38?,39-/m0/s1. The van der Waals surface area contributed by atoms with Crippen molar-refractivity contribution in [2.45, 2.75) is 148 Å². The molecule has 5 N–H and O–H groups in total. The van der Waals surface area contributed by atoms with Gasteiger partial charge >= 0.3 is 5.97 Å². The van der Waals surface area contributed by atoms with Crippen LogP contribution in [0, 0.1) is 11.8 Å². The van der Waals surface area contributed by atoms with Crippen LogP contribution in [0.4, 0.5) is 0 Å². The summed E-state index contributed by atoms with van der Waals surface area (Å²) in [6, 6.07) is -1.17. The normalized spacial score (nSPS) is 15.6. The number of unbranched alkanes of at least 4 members (excludes halogenated alkanes) is 11. The summed E-state index contributed by atoms with van der Waals surface area (Å²) in [5.74, 6) is -2.10. The van der Waals surface area contributed by atoms with Crippen molar-refractivity contribution in [3.8, 4) is 0 Å². The van der Waals surface area contributed by atoms with Gasteiger partial charge in [-0.3, -0.25) is 24.0 Å². The molecule has 1 fully saturated rings. The van der Waals surface area contributed by atoms with Crippen LogP contribution < -0.4 is 21.3 Å². The first-order valence-corrected chi connectivity index (χ1v) is 22.3. The van der Waals surface area contributed by atoms with Crippen LogP contribution in [0.15, 0.2) is 12.2 Å². The Kier molecular flexibility index (Phi) is 33.1. The number of amides is 4. The Labute approximate surface area is 353 Å². The average molecular weight is 839 g/mol. The van der Waals surface area contributed by atoms with E-state index in [-0.39, 0.29) is 87.8 Å². The fraction of sp³-hybridized carbons (Fsp3) is 0.818. The van der Waals surface area contributed by atoms with E-state index in [9.17, 15) is 33.9 Å². The SMILES string of the molecule is C=C(C)CCCCCCCCCCCCCCC(=O)NCC1CCC(C(=O)N[C@@H](CCC(=O)NCCOCCOCC(=O)NCCOCCOCC(C)=O)C(=O)O)CC1. The highest BCUT2D eigenvalue weighted by molar-refractivity contribution is 5.85. The van der Waals surface area contributed by atoms with Gasteiger partial charge in [-0.25, -0.2) is 4.79 Å². The molecule has 15 heteroatoms. The largest absolute Gasteiger partial charge is 0.480 e. The van der Waals surface area contributed by atoms with Crippen molar-refractivity contribution in [3.05, 3.63) is 12.2 Å². The fourth-order valence-corrected chi connectivity index (χ4v) is 6.76. The van der Waals surface area contributed by atoms with Gasteiger partial charge in [-0.2, -0.15) is 0 Å². The number of rotatable bonds is 39. The monoisotopic (exact) mass is 839 g/mol. The predicted octanol–water partition coefficient (Wildman–Crippen LogP) is 5.18. The van der Waals surface area contributed by atoms with Gasteiger partial charge in [0.15, 0.2) is 5.78 Å². The number of carbonyl (C=O) groups excluding carboxylic acids is 5. The molecule has 0 aromatic rings. The van der Waals surface area contributed by atoms with Crippen molar-refractivity contribution < 1.29 is 52.8 Å². The summed E-state index contributed by atoms with van der Waals surface area (Å²) in [4.78, 5) is 72.0. The molecule has 59 heavy (non-hydrogen) atoms. The third-order valence-electron chi connectivity index (χ3n) is 10.3. The Morgan fingerprint density at radius 2 is 1.05 bits per heavy atom. The topological polar surface area (TPSA) is 208 Å². The summed E-state index contributed by atoms with van der Waals surface area (Å²) < 4.78 is 21.0. The summed E-state index contributed by atoms with van der Waals surface area (Å²) in [5, 5.41) is 20.7. The molecule has 15 nitrogen and oxygen atoms in total. The number of ketones is 1. The lowest BCUT2D eigenvalue weighted by molar-refractivity contribution is -0.143. The van der Waals surface area contributed by atoms with Gasteiger partial charge in [-0.1, -0.05) is 69.8 Å². The number of carbonyl (C=O) groups is 6. The molecule has 0 bridgehead atoms. The molecule has 0 aliphatic heterocycles. The molecular formula is C44H78N4O11. The second kappa shape index (κ2) is 36.5. The van der Waals surface area contributed by atoms with Gasteiger partial charge in [0.1, 0.15) is 19.3 Å². The molecule has 1 rings (SSSR count). The van der Waals surface area contributed by atoms with E-state index in [2.05, 4.69) is 34.8 Å². The number of aliphatic carboxylic acids is 1. The molecule has 0 spiro atoms. The molecule has 0 unspecified atom stereocenters. The van der Waals surface area contributed by atoms with Gasteiger partial charge < -0.3 is 45.3 Å². The number of carboxylic acids is 1. The Morgan fingerprint density at radius 1 is 0.576 bits per heavy atom. The van der Waals surface area contributed by atoms with Crippen molar-refractivity contribution in [1.82, 2.24) is 21.3 Å². The van der Waals surface area contributed by atoms with Crippen molar-refractivity contribution in [1.29, 1.82) is 0 Å². The van der Waals surface area contributed by atoms with E-state index in [0.29, 0.717) is 58.1 Å². The van der Waals surface area contributed by atoms with Crippen LogP contribution in [0.2, 0.25) is 0 Å². The molecule has 1 saturated carbocycles. The lowest BCUT2D eigenvalue weighted by Crippen LogP contribution is -2.45. The second-order valence-electron chi connectivity index (χ2n) is 15.9. The molecular weight excluding hydrogens is 761 g/mol. The summed E-state index contributed by atoms with van der Waals surface area (Å²) in [7, 11) is 0. The number of nitrogens with one attached hydrogen (secondary N) is 4. The quantitative estimate of drug-likeness (QED) is 0.0403. The maximum atomic E-state index is 12.9. The number of Topliss-reactive ketones (excluding diaryl/α,β-unsaturated/α-hetero) is 1. The lowest BCUT2D eigenvalue weighted by Gasteiger charge is -2.28. The van der Waals surface area contributed by atoms with Gasteiger partial charge in [0, 0.05) is 38.4 Å². The Hall–Kier alpha value is -3.40. The van der Waals surface area contributed by atoms with E-state index in [4.69, 9.17) is 18.9 Å². The smallest absolute Gasteiger partial charge is 0.326 e. The zero-order valence-electron chi connectivity index (χ0n) is 36.4. The van der Waals surface area contributed by atoms with Crippen molar-refractivity contribution in [2.24, 2.45) is 11.8 Å². The van der Waals surface area contributed by atoms with Crippen LogP contribution in [0.5, 0.6) is 0 Å². The lowest BCUT2D eigenvalue weighted by atomic mass is 9.81. The summed E-state index contributed by atoms with van der Waals surface area (Å²) in [6.45, 7) is 10.1. The molecule has 1 aliphatic rings. The van der Waals surface area contributed by atoms with Crippen LogP contribution in [-0.4, -0.2) is 119 Å². The fourth-order valence-electron chi connectivity index (χ4n) is 6.76. The van der Waals surface area contributed by atoms with E-state index >= 15 is 0 Å². The van der Waals surface area contributed by atoms with Gasteiger partial charge in [-0.15, -0.1) is 6.58 Å². The summed E-state index contributed by atoms with van der Waals surface area (Å²) in [6.07, 6.45) is 19.4. The molecule has 340 valence electrons. The Morgan fingerprint density at radius 3 is 1.58 bits per heavy atom. The van der Waals surface area contributed by atoms with Crippen molar-refractivity contribution in [2.75, 3.05) is 72.5 Å². The zero-order chi connectivity index (χ0) is 43.4. The van der Waals surface area contributed by atoms with Crippen LogP contribution in [0.3, 0.4) is 0 Å².